The van der Waals surface area contributed by atoms with E-state index in [1.54, 1.807) is 4.57 Å². The topological polar surface area (TPSA) is 81.3 Å². The van der Waals surface area contributed by atoms with Gasteiger partial charge < -0.3 is 5.32 Å². The fourth-order valence-corrected chi connectivity index (χ4v) is 5.18. The molecule has 0 saturated carbocycles. The molecule has 2 aromatic carbocycles. The Balaban J connectivity index is 1.39. The zero-order valence-corrected chi connectivity index (χ0v) is 19.5. The lowest BCUT2D eigenvalue weighted by Crippen LogP contribution is -2.25. The number of hydrogen-bond acceptors (Lipinski definition) is 6. The predicted octanol–water partition coefficient (Wildman–Crippen LogP) is 3.87. The van der Waals surface area contributed by atoms with Crippen molar-refractivity contribution in [2.45, 2.75) is 25.2 Å². The summed E-state index contributed by atoms with van der Waals surface area (Å²) in [6.45, 7) is 2.91. The number of thiophene rings is 1. The normalized spacial score (nSPS) is 11.3. The lowest BCUT2D eigenvalue weighted by molar-refractivity contribution is -0.118. The van der Waals surface area contributed by atoms with Gasteiger partial charge in [-0.3, -0.25) is 18.6 Å². The molecule has 9 heteroatoms. The Kier molecular flexibility index (Phi) is 5.97. The number of carbonyl (C=O) groups excluding carboxylic acids is 1. The quantitative estimate of drug-likeness (QED) is 0.362. The molecule has 33 heavy (non-hydrogen) atoms. The summed E-state index contributed by atoms with van der Waals surface area (Å²) in [5.41, 5.74) is 3.92. The average molecular weight is 476 g/mol. The molecule has 0 aliphatic carbocycles. The summed E-state index contributed by atoms with van der Waals surface area (Å²) >= 11 is 2.71. The molecule has 1 amide bonds. The van der Waals surface area contributed by atoms with Crippen LogP contribution in [0.25, 0.3) is 16.0 Å². The van der Waals surface area contributed by atoms with E-state index in [2.05, 4.69) is 15.5 Å². The highest BCUT2D eigenvalue weighted by Gasteiger charge is 2.18. The maximum absolute atomic E-state index is 13.1. The standard InChI is InChI=1S/C24H21N5O2S2/c1-16-7-9-17(10-8-16)13-25-20(30)15-33-24-27-26-23-28(14-18-5-3-2-4-6-18)22(31)21-19(29(23)24)11-12-32-21/h2-12H,13-15H2,1H3,(H,25,30). The third kappa shape index (κ3) is 4.42. The first-order valence-electron chi connectivity index (χ1n) is 10.4. The third-order valence-electron chi connectivity index (χ3n) is 5.31. The third-order valence-corrected chi connectivity index (χ3v) is 7.13. The SMILES string of the molecule is Cc1ccc(CNC(=O)CSc2nnc3n(Cc4ccccc4)c(=O)c4sccc4n23)cc1. The molecule has 0 spiro atoms. The van der Waals surface area contributed by atoms with Crippen LogP contribution in [0.15, 0.2) is 76.0 Å². The van der Waals surface area contributed by atoms with Crippen LogP contribution in [-0.2, 0) is 17.9 Å². The van der Waals surface area contributed by atoms with Gasteiger partial charge in [-0.2, -0.15) is 0 Å². The molecule has 5 rings (SSSR count). The van der Waals surface area contributed by atoms with E-state index in [1.807, 2.05) is 77.4 Å². The first-order chi connectivity index (χ1) is 16.1. The number of aryl methyl sites for hydroxylation is 1. The van der Waals surface area contributed by atoms with E-state index in [4.69, 9.17) is 0 Å². The molecule has 0 saturated heterocycles. The Hall–Kier alpha value is -3.43. The first kappa shape index (κ1) is 21.4. The van der Waals surface area contributed by atoms with Crippen molar-refractivity contribution in [3.05, 3.63) is 93.1 Å². The number of benzene rings is 2. The van der Waals surface area contributed by atoms with Gasteiger partial charge in [0.25, 0.3) is 5.56 Å². The number of amides is 1. The largest absolute Gasteiger partial charge is 0.351 e. The van der Waals surface area contributed by atoms with Crippen LogP contribution >= 0.6 is 23.1 Å². The van der Waals surface area contributed by atoms with Gasteiger partial charge in [0, 0.05) is 6.54 Å². The van der Waals surface area contributed by atoms with Crippen LogP contribution in [0, 0.1) is 6.92 Å². The Labute approximate surface area is 198 Å². The van der Waals surface area contributed by atoms with E-state index in [-0.39, 0.29) is 17.2 Å². The predicted molar refractivity (Wildman–Crippen MR) is 132 cm³/mol. The molecule has 0 atom stereocenters. The van der Waals surface area contributed by atoms with Crippen LogP contribution in [0.5, 0.6) is 0 Å². The van der Waals surface area contributed by atoms with Crippen LogP contribution in [0.2, 0.25) is 0 Å². The van der Waals surface area contributed by atoms with Crippen LogP contribution in [0.3, 0.4) is 0 Å². The van der Waals surface area contributed by atoms with Gasteiger partial charge >= 0.3 is 0 Å². The van der Waals surface area contributed by atoms with Crippen molar-refractivity contribution in [1.29, 1.82) is 0 Å². The van der Waals surface area contributed by atoms with Crippen molar-refractivity contribution >= 4 is 45.0 Å². The number of hydrogen-bond donors (Lipinski definition) is 1. The van der Waals surface area contributed by atoms with Crippen LogP contribution in [0.1, 0.15) is 16.7 Å². The van der Waals surface area contributed by atoms with E-state index in [9.17, 15) is 9.59 Å². The molecule has 3 heterocycles. The molecule has 3 aromatic heterocycles. The molecule has 0 aliphatic heterocycles. The highest BCUT2D eigenvalue weighted by atomic mass is 32.2. The smallest absolute Gasteiger partial charge is 0.273 e. The summed E-state index contributed by atoms with van der Waals surface area (Å²) < 4.78 is 4.15. The van der Waals surface area contributed by atoms with Crippen molar-refractivity contribution in [3.8, 4) is 0 Å². The van der Waals surface area contributed by atoms with Crippen LogP contribution < -0.4 is 10.9 Å². The minimum atomic E-state index is -0.0869. The molecular weight excluding hydrogens is 454 g/mol. The van der Waals surface area contributed by atoms with Crippen molar-refractivity contribution in [2.75, 3.05) is 5.75 Å². The lowest BCUT2D eigenvalue weighted by Gasteiger charge is -2.09. The number of fused-ring (bicyclic) bond motifs is 3. The van der Waals surface area contributed by atoms with E-state index in [0.717, 1.165) is 16.6 Å². The Morgan fingerprint density at radius 3 is 2.61 bits per heavy atom. The molecule has 1 N–H and O–H groups in total. The molecule has 0 aliphatic rings. The van der Waals surface area contributed by atoms with Gasteiger partial charge in [-0.1, -0.05) is 71.9 Å². The Morgan fingerprint density at radius 2 is 1.82 bits per heavy atom. The number of aromatic nitrogens is 4. The van der Waals surface area contributed by atoms with Crippen molar-refractivity contribution in [3.63, 3.8) is 0 Å². The molecule has 0 unspecified atom stereocenters. The van der Waals surface area contributed by atoms with Crippen molar-refractivity contribution < 1.29 is 4.79 Å². The van der Waals surface area contributed by atoms with E-state index in [1.165, 1.54) is 28.7 Å². The highest BCUT2D eigenvalue weighted by molar-refractivity contribution is 7.99. The summed E-state index contributed by atoms with van der Waals surface area (Å²) in [6, 6.07) is 19.8. The molecule has 0 fully saturated rings. The highest BCUT2D eigenvalue weighted by Crippen LogP contribution is 2.24. The number of thioether (sulfide) groups is 1. The maximum Gasteiger partial charge on any atom is 0.273 e. The molecular formula is C24H21N5O2S2. The monoisotopic (exact) mass is 475 g/mol. The average Bonchev–Trinajstić information content (AvgIpc) is 3.48. The number of nitrogens with zero attached hydrogens (tertiary/aromatic N) is 4. The van der Waals surface area contributed by atoms with Crippen LogP contribution in [0.4, 0.5) is 0 Å². The summed E-state index contributed by atoms with van der Waals surface area (Å²) in [5.74, 6) is 0.588. The number of nitrogens with one attached hydrogen (secondary N) is 1. The van der Waals surface area contributed by atoms with Gasteiger partial charge in [0.2, 0.25) is 11.7 Å². The molecule has 0 bridgehead atoms. The number of rotatable bonds is 7. The van der Waals surface area contributed by atoms with E-state index < -0.39 is 0 Å². The minimum Gasteiger partial charge on any atom is -0.351 e. The summed E-state index contributed by atoms with van der Waals surface area (Å²) in [6.07, 6.45) is 0. The molecule has 7 nitrogen and oxygen atoms in total. The van der Waals surface area contributed by atoms with Gasteiger partial charge in [-0.15, -0.1) is 21.5 Å². The van der Waals surface area contributed by atoms with Gasteiger partial charge in [0.15, 0.2) is 5.16 Å². The van der Waals surface area contributed by atoms with Crippen molar-refractivity contribution in [1.82, 2.24) is 24.5 Å². The molecule has 0 radical (unpaired) electrons. The number of carbonyl (C=O) groups is 1. The first-order valence-corrected chi connectivity index (χ1v) is 12.3. The minimum absolute atomic E-state index is 0.0866. The second-order valence-electron chi connectivity index (χ2n) is 7.68. The second kappa shape index (κ2) is 9.21. The zero-order chi connectivity index (χ0) is 22.8. The maximum atomic E-state index is 13.1. The summed E-state index contributed by atoms with van der Waals surface area (Å²) in [7, 11) is 0. The van der Waals surface area contributed by atoms with E-state index >= 15 is 0 Å². The summed E-state index contributed by atoms with van der Waals surface area (Å²) in [5, 5.41) is 14.0. The fraction of sp³-hybridized carbons (Fsp3) is 0.167. The molecule has 166 valence electrons. The van der Waals surface area contributed by atoms with Crippen molar-refractivity contribution in [2.24, 2.45) is 0 Å². The second-order valence-corrected chi connectivity index (χ2v) is 9.54. The van der Waals surface area contributed by atoms with Crippen LogP contribution in [-0.4, -0.2) is 30.8 Å². The Bertz CT molecular complexity index is 1490. The van der Waals surface area contributed by atoms with Gasteiger partial charge in [0.1, 0.15) is 4.70 Å². The Morgan fingerprint density at radius 1 is 1.03 bits per heavy atom. The lowest BCUT2D eigenvalue weighted by atomic mass is 10.1. The van der Waals surface area contributed by atoms with E-state index in [0.29, 0.717) is 28.7 Å². The summed E-state index contributed by atoms with van der Waals surface area (Å²) in [4.78, 5) is 25.6. The zero-order valence-electron chi connectivity index (χ0n) is 17.9. The van der Waals surface area contributed by atoms with Gasteiger partial charge in [0.05, 0.1) is 17.8 Å². The van der Waals surface area contributed by atoms with Gasteiger partial charge in [-0.05, 0) is 29.5 Å². The fourth-order valence-electron chi connectivity index (χ4n) is 3.59. The molecule has 5 aromatic rings. The van der Waals surface area contributed by atoms with Gasteiger partial charge in [-0.25, -0.2) is 0 Å².